The summed E-state index contributed by atoms with van der Waals surface area (Å²) in [4.78, 5) is 11.0. The third-order valence-electron chi connectivity index (χ3n) is 4.29. The third kappa shape index (κ3) is 3.32. The van der Waals surface area contributed by atoms with Gasteiger partial charge in [-0.3, -0.25) is 0 Å². The second-order valence-electron chi connectivity index (χ2n) is 5.82. The molecule has 0 radical (unpaired) electrons. The van der Waals surface area contributed by atoms with E-state index in [-0.39, 0.29) is 17.6 Å². The number of hydrogen-bond donors (Lipinski definition) is 3. The summed E-state index contributed by atoms with van der Waals surface area (Å²) in [5, 5.41) is 22.5. The Kier molecular flexibility index (Phi) is 4.91. The summed E-state index contributed by atoms with van der Waals surface area (Å²) in [5.41, 5.74) is 1.98. The molecule has 5 nitrogen and oxygen atoms in total. The van der Waals surface area contributed by atoms with Crippen molar-refractivity contribution in [1.29, 1.82) is 0 Å². The molecule has 2 aromatic carbocycles. The van der Waals surface area contributed by atoms with Gasteiger partial charge in [-0.1, -0.05) is 53.9 Å². The monoisotopic (exact) mass is 401 g/mol. The number of phenolic OH excluding ortho intramolecular Hbond substituents is 1. The number of fused-ring (bicyclic) bond motifs is 1. The second-order valence-corrected chi connectivity index (χ2v) is 7.01. The van der Waals surface area contributed by atoms with Gasteiger partial charge in [0.15, 0.2) is 6.23 Å². The van der Waals surface area contributed by atoms with Crippen LogP contribution in [-0.2, 0) is 4.74 Å². The number of anilines is 1. The number of benzene rings is 2. The maximum atomic E-state index is 11.0. The SMILES string of the molecule is CC1C(OC(=O)O)Nc2c(Cl)cc(Cl)c(Cl)c2C1c1ccc(O)cc1. The van der Waals surface area contributed by atoms with Crippen molar-refractivity contribution in [3.05, 3.63) is 56.5 Å². The summed E-state index contributed by atoms with van der Waals surface area (Å²) >= 11 is 18.9. The van der Waals surface area contributed by atoms with Crippen LogP contribution < -0.4 is 5.32 Å². The average molecular weight is 403 g/mol. The Morgan fingerprint density at radius 3 is 2.40 bits per heavy atom. The quantitative estimate of drug-likeness (QED) is 0.452. The molecule has 25 heavy (non-hydrogen) atoms. The van der Waals surface area contributed by atoms with E-state index >= 15 is 0 Å². The van der Waals surface area contributed by atoms with E-state index in [1.807, 2.05) is 6.92 Å². The molecule has 8 heteroatoms. The number of carboxylic acid groups (broad SMARTS) is 1. The van der Waals surface area contributed by atoms with Crippen LogP contribution in [-0.4, -0.2) is 22.6 Å². The molecule has 1 aliphatic heterocycles. The van der Waals surface area contributed by atoms with E-state index in [1.54, 1.807) is 24.3 Å². The fraction of sp³-hybridized carbons (Fsp3) is 0.235. The van der Waals surface area contributed by atoms with E-state index in [0.29, 0.717) is 26.3 Å². The van der Waals surface area contributed by atoms with Crippen molar-refractivity contribution >= 4 is 46.6 Å². The molecule has 132 valence electrons. The Hall–Kier alpha value is -1.82. The van der Waals surface area contributed by atoms with Gasteiger partial charge in [0.1, 0.15) is 5.75 Å². The van der Waals surface area contributed by atoms with Crippen LogP contribution >= 0.6 is 34.8 Å². The number of ether oxygens (including phenoxy) is 1. The smallest absolute Gasteiger partial charge is 0.507 e. The summed E-state index contributed by atoms with van der Waals surface area (Å²) in [5.74, 6) is -0.510. The lowest BCUT2D eigenvalue weighted by atomic mass is 9.77. The minimum atomic E-state index is -1.39. The van der Waals surface area contributed by atoms with E-state index in [0.717, 1.165) is 5.56 Å². The predicted molar refractivity (Wildman–Crippen MR) is 97.1 cm³/mol. The van der Waals surface area contributed by atoms with Crippen molar-refractivity contribution in [3.63, 3.8) is 0 Å². The first-order valence-electron chi connectivity index (χ1n) is 7.42. The van der Waals surface area contributed by atoms with Crippen LogP contribution in [0.25, 0.3) is 0 Å². The van der Waals surface area contributed by atoms with Gasteiger partial charge in [0.05, 0.1) is 20.8 Å². The first-order chi connectivity index (χ1) is 11.8. The number of nitrogens with one attached hydrogen (secondary N) is 1. The Labute approximate surface area is 159 Å². The highest BCUT2D eigenvalue weighted by Gasteiger charge is 2.40. The zero-order chi connectivity index (χ0) is 18.3. The first-order valence-corrected chi connectivity index (χ1v) is 8.55. The second kappa shape index (κ2) is 6.83. The summed E-state index contributed by atoms with van der Waals surface area (Å²) in [7, 11) is 0. The third-order valence-corrected chi connectivity index (χ3v) is 5.39. The van der Waals surface area contributed by atoms with E-state index in [4.69, 9.17) is 44.6 Å². The van der Waals surface area contributed by atoms with E-state index in [1.165, 1.54) is 6.07 Å². The van der Waals surface area contributed by atoms with E-state index in [2.05, 4.69) is 5.32 Å². The van der Waals surface area contributed by atoms with Crippen LogP contribution in [0.4, 0.5) is 10.5 Å². The van der Waals surface area contributed by atoms with Gasteiger partial charge >= 0.3 is 6.16 Å². The molecule has 3 rings (SSSR count). The van der Waals surface area contributed by atoms with Crippen molar-refractivity contribution in [2.45, 2.75) is 19.1 Å². The minimum Gasteiger partial charge on any atom is -0.508 e. The molecule has 1 aliphatic rings. The molecule has 0 saturated heterocycles. The first kappa shape index (κ1) is 18.0. The van der Waals surface area contributed by atoms with Crippen molar-refractivity contribution in [2.24, 2.45) is 5.92 Å². The lowest BCUT2D eigenvalue weighted by Crippen LogP contribution is -2.40. The van der Waals surface area contributed by atoms with Gasteiger partial charge in [0.25, 0.3) is 0 Å². The molecule has 1 heterocycles. The molecule has 0 fully saturated rings. The van der Waals surface area contributed by atoms with Gasteiger partial charge in [0.2, 0.25) is 0 Å². The Morgan fingerprint density at radius 1 is 1.16 bits per heavy atom. The predicted octanol–water partition coefficient (Wildman–Crippen LogP) is 5.57. The number of aromatic hydroxyl groups is 1. The molecule has 3 unspecified atom stereocenters. The highest BCUT2D eigenvalue weighted by molar-refractivity contribution is 6.44. The van der Waals surface area contributed by atoms with Crippen molar-refractivity contribution < 1.29 is 19.7 Å². The van der Waals surface area contributed by atoms with Gasteiger partial charge in [0, 0.05) is 17.4 Å². The van der Waals surface area contributed by atoms with Gasteiger partial charge in [-0.25, -0.2) is 4.79 Å². The van der Waals surface area contributed by atoms with Crippen molar-refractivity contribution in [3.8, 4) is 5.75 Å². The summed E-state index contributed by atoms with van der Waals surface area (Å²) in [6.45, 7) is 1.84. The van der Waals surface area contributed by atoms with Crippen LogP contribution in [0.3, 0.4) is 0 Å². The number of phenols is 1. The molecule has 0 bridgehead atoms. The molecule has 3 atom stereocenters. The number of halogens is 3. The Balaban J connectivity index is 2.20. The molecule has 2 aromatic rings. The Morgan fingerprint density at radius 2 is 1.80 bits per heavy atom. The lowest BCUT2D eigenvalue weighted by Gasteiger charge is -2.39. The largest absolute Gasteiger partial charge is 0.508 e. The molecule has 0 aliphatic carbocycles. The maximum absolute atomic E-state index is 11.0. The maximum Gasteiger partial charge on any atom is 0.507 e. The van der Waals surface area contributed by atoms with Crippen molar-refractivity contribution in [1.82, 2.24) is 0 Å². The molecule has 0 amide bonds. The van der Waals surface area contributed by atoms with Crippen molar-refractivity contribution in [2.75, 3.05) is 5.32 Å². The van der Waals surface area contributed by atoms with E-state index in [9.17, 15) is 9.90 Å². The van der Waals surface area contributed by atoms with Gasteiger partial charge < -0.3 is 20.3 Å². The van der Waals surface area contributed by atoms with Gasteiger partial charge in [-0.2, -0.15) is 0 Å². The fourth-order valence-electron chi connectivity index (χ4n) is 3.16. The van der Waals surface area contributed by atoms with Crippen LogP contribution in [0.15, 0.2) is 30.3 Å². The van der Waals surface area contributed by atoms with Gasteiger partial charge in [-0.05, 0) is 23.8 Å². The number of carbonyl (C=O) groups is 1. The highest BCUT2D eigenvalue weighted by atomic mass is 35.5. The lowest BCUT2D eigenvalue weighted by molar-refractivity contribution is 0.0355. The minimum absolute atomic E-state index is 0.124. The topological polar surface area (TPSA) is 78.8 Å². The van der Waals surface area contributed by atoms with Crippen LogP contribution in [0.1, 0.15) is 24.0 Å². The summed E-state index contributed by atoms with van der Waals surface area (Å²) < 4.78 is 4.98. The molecule has 0 spiro atoms. The average Bonchev–Trinajstić information content (AvgIpc) is 2.54. The van der Waals surface area contributed by atoms with E-state index < -0.39 is 12.4 Å². The van der Waals surface area contributed by atoms with Crippen LogP contribution in [0.2, 0.25) is 15.1 Å². The summed E-state index contributed by atoms with van der Waals surface area (Å²) in [6.07, 6.45) is -2.22. The molecular formula is C17H14Cl3NO4. The molecular weight excluding hydrogens is 389 g/mol. The molecule has 0 aromatic heterocycles. The van der Waals surface area contributed by atoms with Crippen LogP contribution in [0.5, 0.6) is 5.75 Å². The zero-order valence-electron chi connectivity index (χ0n) is 13.0. The molecule has 0 saturated carbocycles. The normalized spacial score (nSPS) is 22.0. The van der Waals surface area contributed by atoms with Crippen LogP contribution in [0, 0.1) is 5.92 Å². The number of hydrogen-bond acceptors (Lipinski definition) is 4. The summed E-state index contributed by atoms with van der Waals surface area (Å²) in [6, 6.07) is 8.09. The fourth-order valence-corrected chi connectivity index (χ4v) is 3.96. The number of rotatable bonds is 2. The Bertz CT molecular complexity index is 826. The zero-order valence-corrected chi connectivity index (χ0v) is 15.2. The highest BCUT2D eigenvalue weighted by Crippen LogP contribution is 2.50. The van der Waals surface area contributed by atoms with Gasteiger partial charge in [-0.15, -0.1) is 0 Å². The standard InChI is InChI=1S/C17H14Cl3NO4/c1-7-12(8-2-4-9(22)5-3-8)13-14(20)10(18)6-11(19)15(13)21-16(7)25-17(23)24/h2-7,12,16,21-22H,1H3,(H,23,24). The molecule has 3 N–H and O–H groups in total.